The summed E-state index contributed by atoms with van der Waals surface area (Å²) in [5.41, 5.74) is 2.76. The summed E-state index contributed by atoms with van der Waals surface area (Å²) < 4.78 is 10.5. The Kier molecular flexibility index (Phi) is 4.24. The number of rotatable bonds is 4. The van der Waals surface area contributed by atoms with Crippen LogP contribution in [0, 0.1) is 0 Å². The van der Waals surface area contributed by atoms with E-state index in [0.29, 0.717) is 11.3 Å². The van der Waals surface area contributed by atoms with Gasteiger partial charge < -0.3 is 10.1 Å². The van der Waals surface area contributed by atoms with Gasteiger partial charge in [0, 0.05) is 11.3 Å². The van der Waals surface area contributed by atoms with E-state index in [2.05, 4.69) is 26.8 Å². The molecule has 2 atom stereocenters. The van der Waals surface area contributed by atoms with E-state index in [0.717, 1.165) is 22.9 Å². The van der Waals surface area contributed by atoms with Crippen molar-refractivity contribution in [2.75, 3.05) is 14.2 Å². The molecule has 20 heavy (non-hydrogen) atoms. The lowest BCUT2D eigenvalue weighted by Gasteiger charge is -2.32. The van der Waals surface area contributed by atoms with Crippen LogP contribution in [0.3, 0.4) is 0 Å². The van der Waals surface area contributed by atoms with Crippen molar-refractivity contribution in [1.29, 1.82) is 0 Å². The molecule has 1 heterocycles. The Morgan fingerprint density at radius 1 is 1.45 bits per heavy atom. The molecule has 106 valence electrons. The van der Waals surface area contributed by atoms with E-state index in [-0.39, 0.29) is 0 Å². The highest BCUT2D eigenvalue weighted by Crippen LogP contribution is 2.41. The highest BCUT2D eigenvalue weighted by molar-refractivity contribution is 8.01. The molecule has 3 rings (SSSR count). The van der Waals surface area contributed by atoms with E-state index < -0.39 is 0 Å². The van der Waals surface area contributed by atoms with Crippen LogP contribution in [0.1, 0.15) is 23.6 Å². The molecule has 1 aliphatic carbocycles. The fraction of sp³-hybridized carbons (Fsp3) is 0.429. The fourth-order valence-corrected chi connectivity index (χ4v) is 4.67. The largest absolute Gasteiger partial charge is 0.497 e. The van der Waals surface area contributed by atoms with Crippen LogP contribution < -0.4 is 10.1 Å². The van der Waals surface area contributed by atoms with Crippen molar-refractivity contribution in [3.05, 3.63) is 35.7 Å². The molecule has 0 spiro atoms. The van der Waals surface area contributed by atoms with Crippen LogP contribution in [0.15, 0.2) is 28.9 Å². The number of hydrogen-bond acceptors (Lipinski definition) is 6. The Morgan fingerprint density at radius 2 is 2.35 bits per heavy atom. The Hall–Kier alpha value is -1.11. The summed E-state index contributed by atoms with van der Waals surface area (Å²) in [6, 6.07) is 6.71. The van der Waals surface area contributed by atoms with Crippen LogP contribution in [0.2, 0.25) is 0 Å². The molecule has 0 amide bonds. The molecule has 0 saturated carbocycles. The molecule has 0 aliphatic heterocycles. The summed E-state index contributed by atoms with van der Waals surface area (Å²) in [6.45, 7) is 0. The smallest absolute Gasteiger partial charge is 0.170 e. The van der Waals surface area contributed by atoms with Gasteiger partial charge >= 0.3 is 0 Å². The molecule has 1 aromatic heterocycles. The maximum absolute atomic E-state index is 5.36. The summed E-state index contributed by atoms with van der Waals surface area (Å²) in [6.07, 6.45) is 3.88. The number of ether oxygens (including phenoxy) is 1. The quantitative estimate of drug-likeness (QED) is 0.941. The van der Waals surface area contributed by atoms with Gasteiger partial charge in [0.2, 0.25) is 0 Å². The van der Waals surface area contributed by atoms with Crippen molar-refractivity contribution in [2.24, 2.45) is 0 Å². The number of thioether (sulfide) groups is 1. The van der Waals surface area contributed by atoms with Crippen molar-refractivity contribution in [3.63, 3.8) is 0 Å². The van der Waals surface area contributed by atoms with Crippen LogP contribution in [0.25, 0.3) is 0 Å². The molecule has 0 fully saturated rings. The maximum Gasteiger partial charge on any atom is 0.170 e. The van der Waals surface area contributed by atoms with E-state index >= 15 is 0 Å². The van der Waals surface area contributed by atoms with E-state index in [1.54, 1.807) is 13.4 Å². The number of aryl methyl sites for hydroxylation is 1. The van der Waals surface area contributed by atoms with Gasteiger partial charge in [-0.15, -0.1) is 0 Å². The van der Waals surface area contributed by atoms with Gasteiger partial charge in [-0.05, 0) is 54.7 Å². The Morgan fingerprint density at radius 3 is 3.05 bits per heavy atom. The minimum absolute atomic E-state index is 0.322. The standard InChI is InChI=1S/C14H17N3OS2/c1-15-13-11-7-10(18-2)5-3-9(11)4-6-12(13)19-14-16-8-17-20-14/h3,5,7-8,12-13,15H,4,6H2,1-2H3. The fourth-order valence-electron chi connectivity index (χ4n) is 2.69. The molecule has 0 radical (unpaired) electrons. The molecular formula is C14H17N3OS2. The molecule has 2 unspecified atom stereocenters. The average Bonchev–Trinajstić information content (AvgIpc) is 2.99. The summed E-state index contributed by atoms with van der Waals surface area (Å²) in [5, 5.41) is 3.93. The van der Waals surface area contributed by atoms with E-state index in [4.69, 9.17) is 4.74 Å². The predicted molar refractivity (Wildman–Crippen MR) is 82.7 cm³/mol. The van der Waals surface area contributed by atoms with Crippen LogP contribution in [-0.4, -0.2) is 28.8 Å². The minimum atomic E-state index is 0.322. The Bertz CT molecular complexity index is 574. The zero-order valence-electron chi connectivity index (χ0n) is 11.5. The highest BCUT2D eigenvalue weighted by Gasteiger charge is 2.30. The van der Waals surface area contributed by atoms with Crippen molar-refractivity contribution in [3.8, 4) is 5.75 Å². The molecule has 0 saturated heterocycles. The van der Waals surface area contributed by atoms with Gasteiger partial charge in [-0.25, -0.2) is 4.98 Å². The van der Waals surface area contributed by atoms with E-state index in [1.807, 2.05) is 24.9 Å². The molecule has 0 bridgehead atoms. The second-order valence-electron chi connectivity index (χ2n) is 4.73. The van der Waals surface area contributed by atoms with Gasteiger partial charge in [0.1, 0.15) is 12.1 Å². The topological polar surface area (TPSA) is 47.0 Å². The Balaban J connectivity index is 1.88. The van der Waals surface area contributed by atoms with Gasteiger partial charge in [0.25, 0.3) is 0 Å². The first kappa shape index (κ1) is 13.9. The second kappa shape index (κ2) is 6.11. The SMILES string of the molecule is CNC1c2cc(OC)ccc2CCC1Sc1ncns1. The second-order valence-corrected chi connectivity index (χ2v) is 7.00. The molecule has 1 N–H and O–H groups in total. The predicted octanol–water partition coefficient (Wildman–Crippen LogP) is 2.91. The third kappa shape index (κ3) is 2.68. The number of nitrogens with zero attached hydrogens (tertiary/aromatic N) is 2. The lowest BCUT2D eigenvalue weighted by molar-refractivity contribution is 0.411. The molecule has 6 heteroatoms. The third-order valence-corrected chi connectivity index (χ3v) is 5.75. The van der Waals surface area contributed by atoms with E-state index in [1.165, 1.54) is 22.7 Å². The minimum Gasteiger partial charge on any atom is -0.497 e. The zero-order valence-corrected chi connectivity index (χ0v) is 13.1. The number of benzene rings is 1. The monoisotopic (exact) mass is 307 g/mol. The Labute approximate surface area is 127 Å². The first-order chi connectivity index (χ1) is 9.81. The normalized spacial score (nSPS) is 21.5. The van der Waals surface area contributed by atoms with Crippen molar-refractivity contribution in [1.82, 2.24) is 14.7 Å². The van der Waals surface area contributed by atoms with E-state index in [9.17, 15) is 0 Å². The van der Waals surface area contributed by atoms with Crippen LogP contribution >= 0.6 is 23.3 Å². The number of aromatic nitrogens is 2. The van der Waals surface area contributed by atoms with Gasteiger partial charge in [-0.3, -0.25) is 0 Å². The van der Waals surface area contributed by atoms with Crippen molar-refractivity contribution >= 4 is 23.3 Å². The molecular weight excluding hydrogens is 290 g/mol. The van der Waals surface area contributed by atoms with Gasteiger partial charge in [-0.2, -0.15) is 4.37 Å². The van der Waals surface area contributed by atoms with Gasteiger partial charge in [-0.1, -0.05) is 17.8 Å². The highest BCUT2D eigenvalue weighted by atomic mass is 32.2. The number of fused-ring (bicyclic) bond motifs is 1. The lowest BCUT2D eigenvalue weighted by Crippen LogP contribution is -2.32. The van der Waals surface area contributed by atoms with Crippen molar-refractivity contribution < 1.29 is 4.74 Å². The summed E-state index contributed by atoms with van der Waals surface area (Å²) in [7, 11) is 3.74. The molecule has 4 nitrogen and oxygen atoms in total. The number of methoxy groups -OCH3 is 1. The van der Waals surface area contributed by atoms with Crippen molar-refractivity contribution in [2.45, 2.75) is 28.5 Å². The molecule has 2 aromatic rings. The van der Waals surface area contributed by atoms with Gasteiger partial charge in [0.05, 0.1) is 7.11 Å². The first-order valence-electron chi connectivity index (χ1n) is 6.59. The molecule has 1 aliphatic rings. The lowest BCUT2D eigenvalue weighted by atomic mass is 9.87. The summed E-state index contributed by atoms with van der Waals surface area (Å²) in [4.78, 5) is 4.29. The number of hydrogen-bond donors (Lipinski definition) is 1. The third-order valence-electron chi connectivity index (χ3n) is 3.66. The van der Waals surface area contributed by atoms with Crippen LogP contribution in [0.4, 0.5) is 0 Å². The maximum atomic E-state index is 5.36. The van der Waals surface area contributed by atoms with Crippen LogP contribution in [0.5, 0.6) is 5.75 Å². The zero-order chi connectivity index (χ0) is 13.9. The summed E-state index contributed by atoms with van der Waals surface area (Å²) >= 11 is 3.29. The summed E-state index contributed by atoms with van der Waals surface area (Å²) in [5.74, 6) is 0.922. The first-order valence-corrected chi connectivity index (χ1v) is 8.24. The van der Waals surface area contributed by atoms with Crippen LogP contribution in [-0.2, 0) is 6.42 Å². The number of nitrogens with one attached hydrogen (secondary N) is 1. The van der Waals surface area contributed by atoms with Gasteiger partial charge in [0.15, 0.2) is 4.34 Å². The molecule has 1 aromatic carbocycles. The average molecular weight is 307 g/mol.